The van der Waals surface area contributed by atoms with E-state index in [1.54, 1.807) is 0 Å². The molecule has 1 unspecified atom stereocenters. The third-order valence-electron chi connectivity index (χ3n) is 2.37. The van der Waals surface area contributed by atoms with Crippen LogP contribution in [0.1, 0.15) is 52.9 Å². The standard InChI is InChI=1S/C11H21O2/c1-5-8-9-11(4,7-3)13-10(12)6-2/h2,5-9H2,1,3-4H3. The van der Waals surface area contributed by atoms with E-state index in [0.29, 0.717) is 0 Å². The summed E-state index contributed by atoms with van der Waals surface area (Å²) in [6.07, 6.45) is 4.29. The predicted molar refractivity (Wildman–Crippen MR) is 54.3 cm³/mol. The van der Waals surface area contributed by atoms with Crippen molar-refractivity contribution >= 4 is 5.97 Å². The lowest BCUT2D eigenvalue weighted by Crippen LogP contribution is -2.30. The Balaban J connectivity index is 4.02. The summed E-state index contributed by atoms with van der Waals surface area (Å²) in [5.74, 6) is -0.194. The second kappa shape index (κ2) is 6.01. The Labute approximate surface area is 81.7 Å². The largest absolute Gasteiger partial charge is 0.459 e. The van der Waals surface area contributed by atoms with Gasteiger partial charge in [0, 0.05) is 6.42 Å². The topological polar surface area (TPSA) is 26.3 Å². The molecular weight excluding hydrogens is 164 g/mol. The zero-order valence-corrected chi connectivity index (χ0v) is 9.06. The van der Waals surface area contributed by atoms with Crippen LogP contribution >= 0.6 is 0 Å². The number of unbranched alkanes of at least 4 members (excludes halogenated alkanes) is 1. The monoisotopic (exact) mass is 185 g/mol. The fraction of sp³-hybridized carbons (Fsp3) is 0.818. The van der Waals surface area contributed by atoms with Crippen molar-refractivity contribution in [2.24, 2.45) is 0 Å². The molecule has 0 bridgehead atoms. The van der Waals surface area contributed by atoms with Crippen LogP contribution in [0.4, 0.5) is 0 Å². The molecule has 0 amide bonds. The van der Waals surface area contributed by atoms with Gasteiger partial charge in [-0.25, -0.2) is 0 Å². The van der Waals surface area contributed by atoms with E-state index in [1.807, 2.05) is 13.8 Å². The summed E-state index contributed by atoms with van der Waals surface area (Å²) in [7, 11) is 0. The van der Waals surface area contributed by atoms with Crippen LogP contribution in [0.3, 0.4) is 0 Å². The Morgan fingerprint density at radius 2 is 2.08 bits per heavy atom. The Morgan fingerprint density at radius 3 is 2.46 bits per heavy atom. The van der Waals surface area contributed by atoms with E-state index in [9.17, 15) is 4.79 Å². The highest BCUT2D eigenvalue weighted by Crippen LogP contribution is 2.23. The minimum absolute atomic E-state index is 0.194. The van der Waals surface area contributed by atoms with E-state index >= 15 is 0 Å². The quantitative estimate of drug-likeness (QED) is 0.594. The molecule has 2 nitrogen and oxygen atoms in total. The van der Waals surface area contributed by atoms with Crippen LogP contribution in [0, 0.1) is 6.92 Å². The van der Waals surface area contributed by atoms with Gasteiger partial charge in [-0.3, -0.25) is 4.79 Å². The van der Waals surface area contributed by atoms with Crippen molar-refractivity contribution in [3.63, 3.8) is 0 Å². The molecule has 2 heteroatoms. The molecule has 13 heavy (non-hydrogen) atoms. The van der Waals surface area contributed by atoms with Gasteiger partial charge in [0.2, 0.25) is 0 Å². The molecule has 0 spiro atoms. The fourth-order valence-corrected chi connectivity index (χ4v) is 1.18. The molecule has 0 aromatic carbocycles. The van der Waals surface area contributed by atoms with E-state index in [2.05, 4.69) is 13.8 Å². The van der Waals surface area contributed by atoms with Crippen molar-refractivity contribution in [1.29, 1.82) is 0 Å². The summed E-state index contributed by atoms with van der Waals surface area (Å²) < 4.78 is 5.34. The van der Waals surface area contributed by atoms with Crippen molar-refractivity contribution in [1.82, 2.24) is 0 Å². The number of esters is 1. The Bertz CT molecular complexity index is 154. The van der Waals surface area contributed by atoms with Gasteiger partial charge in [-0.15, -0.1) is 0 Å². The van der Waals surface area contributed by atoms with Crippen molar-refractivity contribution in [3.8, 4) is 0 Å². The lowest BCUT2D eigenvalue weighted by molar-refractivity contribution is -0.158. The first kappa shape index (κ1) is 12.5. The minimum atomic E-state index is -0.273. The summed E-state index contributed by atoms with van der Waals surface area (Å²) in [4.78, 5) is 11.1. The van der Waals surface area contributed by atoms with Gasteiger partial charge < -0.3 is 4.74 Å². The maximum absolute atomic E-state index is 11.1. The smallest absolute Gasteiger partial charge is 0.306 e. The molecule has 1 radical (unpaired) electrons. The van der Waals surface area contributed by atoms with E-state index in [0.717, 1.165) is 25.7 Å². The first-order valence-corrected chi connectivity index (χ1v) is 5.09. The third-order valence-corrected chi connectivity index (χ3v) is 2.37. The minimum Gasteiger partial charge on any atom is -0.459 e. The van der Waals surface area contributed by atoms with Gasteiger partial charge >= 0.3 is 5.97 Å². The van der Waals surface area contributed by atoms with Crippen molar-refractivity contribution in [2.75, 3.05) is 0 Å². The average Bonchev–Trinajstić information content (AvgIpc) is 2.14. The van der Waals surface area contributed by atoms with E-state index < -0.39 is 0 Å². The molecule has 0 fully saturated rings. The van der Waals surface area contributed by atoms with Crippen molar-refractivity contribution < 1.29 is 9.53 Å². The summed E-state index contributed by atoms with van der Waals surface area (Å²) in [6, 6.07) is 0. The summed E-state index contributed by atoms with van der Waals surface area (Å²) in [6.45, 7) is 9.69. The van der Waals surface area contributed by atoms with Crippen LogP contribution < -0.4 is 0 Å². The van der Waals surface area contributed by atoms with Gasteiger partial charge in [0.15, 0.2) is 0 Å². The summed E-state index contributed by atoms with van der Waals surface area (Å²) >= 11 is 0. The van der Waals surface area contributed by atoms with Crippen LogP contribution in [-0.4, -0.2) is 11.6 Å². The van der Waals surface area contributed by atoms with Gasteiger partial charge in [-0.05, 0) is 33.1 Å². The first-order chi connectivity index (χ1) is 6.08. The number of hydrogen-bond donors (Lipinski definition) is 0. The Kier molecular flexibility index (Phi) is 5.76. The molecule has 0 aliphatic heterocycles. The van der Waals surface area contributed by atoms with Gasteiger partial charge in [-0.1, -0.05) is 20.3 Å². The molecule has 0 heterocycles. The molecule has 0 aromatic heterocycles. The Hall–Kier alpha value is -0.530. The van der Waals surface area contributed by atoms with E-state index in [4.69, 9.17) is 4.74 Å². The molecule has 0 aliphatic rings. The summed E-state index contributed by atoms with van der Waals surface area (Å²) in [5, 5.41) is 0. The van der Waals surface area contributed by atoms with Crippen LogP contribution in [-0.2, 0) is 9.53 Å². The van der Waals surface area contributed by atoms with Crippen molar-refractivity contribution in [3.05, 3.63) is 6.92 Å². The Morgan fingerprint density at radius 1 is 1.46 bits per heavy atom. The second-order valence-corrected chi connectivity index (χ2v) is 3.63. The lowest BCUT2D eigenvalue weighted by atomic mass is 9.96. The maximum atomic E-state index is 11.1. The van der Waals surface area contributed by atoms with Crippen LogP contribution in [0.25, 0.3) is 0 Å². The van der Waals surface area contributed by atoms with E-state index in [1.165, 1.54) is 0 Å². The number of carbonyl (C=O) groups excluding carboxylic acids is 1. The van der Waals surface area contributed by atoms with Gasteiger partial charge in [0.1, 0.15) is 5.60 Å². The molecule has 1 atom stereocenters. The zero-order chi connectivity index (χ0) is 10.3. The highest BCUT2D eigenvalue weighted by atomic mass is 16.6. The third kappa shape index (κ3) is 4.91. The molecule has 0 saturated heterocycles. The van der Waals surface area contributed by atoms with Gasteiger partial charge in [-0.2, -0.15) is 0 Å². The SMILES string of the molecule is [CH2]CC(=O)OC(C)(CC)CCCC. The lowest BCUT2D eigenvalue weighted by Gasteiger charge is -2.28. The van der Waals surface area contributed by atoms with Crippen LogP contribution in [0.2, 0.25) is 0 Å². The number of hydrogen-bond acceptors (Lipinski definition) is 2. The molecule has 0 aromatic rings. The number of carbonyl (C=O) groups is 1. The van der Waals surface area contributed by atoms with E-state index in [-0.39, 0.29) is 18.0 Å². The molecule has 0 rings (SSSR count). The second-order valence-electron chi connectivity index (χ2n) is 3.63. The first-order valence-electron chi connectivity index (χ1n) is 5.09. The maximum Gasteiger partial charge on any atom is 0.306 e. The highest BCUT2D eigenvalue weighted by molar-refractivity contribution is 5.70. The molecule has 0 aliphatic carbocycles. The van der Waals surface area contributed by atoms with Crippen molar-refractivity contribution in [2.45, 2.75) is 58.5 Å². The zero-order valence-electron chi connectivity index (χ0n) is 9.06. The highest BCUT2D eigenvalue weighted by Gasteiger charge is 2.24. The van der Waals surface area contributed by atoms with Crippen LogP contribution in [0.15, 0.2) is 0 Å². The van der Waals surface area contributed by atoms with Gasteiger partial charge in [0.25, 0.3) is 0 Å². The fourth-order valence-electron chi connectivity index (χ4n) is 1.18. The molecular formula is C11H21O2. The number of rotatable bonds is 6. The van der Waals surface area contributed by atoms with Gasteiger partial charge in [0.05, 0.1) is 0 Å². The molecule has 0 N–H and O–H groups in total. The normalized spacial score (nSPS) is 15.1. The van der Waals surface area contributed by atoms with Crippen LogP contribution in [0.5, 0.6) is 0 Å². The molecule has 77 valence electrons. The number of ether oxygens (including phenoxy) is 1. The summed E-state index contributed by atoms with van der Waals surface area (Å²) in [5.41, 5.74) is -0.273. The molecule has 0 saturated carbocycles. The average molecular weight is 185 g/mol. The predicted octanol–water partition coefficient (Wildman–Crippen LogP) is 3.11.